The summed E-state index contributed by atoms with van der Waals surface area (Å²) in [6.45, 7) is 4.75. The predicted molar refractivity (Wildman–Crippen MR) is 52.4 cm³/mol. The first-order valence-electron chi connectivity index (χ1n) is 4.61. The fraction of sp³-hybridized carbons (Fsp3) is 0.364. The fourth-order valence-corrected chi connectivity index (χ4v) is 1.28. The molecule has 2 rings (SSSR count). The number of rotatable bonds is 1. The van der Waals surface area contributed by atoms with Gasteiger partial charge < -0.3 is 4.74 Å². The average molecular weight is 178 g/mol. The summed E-state index contributed by atoms with van der Waals surface area (Å²) in [5.74, 6) is 0.926. The molecule has 2 nitrogen and oxygen atoms in total. The van der Waals surface area contributed by atoms with Gasteiger partial charge in [0, 0.05) is 12.0 Å². The van der Waals surface area contributed by atoms with Crippen molar-refractivity contribution in [2.24, 2.45) is 0 Å². The monoisotopic (exact) mass is 178 g/mol. The molecule has 1 aliphatic rings. The topological polar surface area (TPSA) is 26.3 Å². The number of carbonyl (C=O) groups excluding carboxylic acids is 1. The van der Waals surface area contributed by atoms with E-state index in [1.165, 1.54) is 0 Å². The third kappa shape index (κ3) is 2.08. The van der Waals surface area contributed by atoms with Crippen molar-refractivity contribution in [3.05, 3.63) is 29.3 Å². The number of ether oxygens (including phenoxy) is 1. The second-order valence-corrected chi connectivity index (χ2v) is 2.58. The van der Waals surface area contributed by atoms with Gasteiger partial charge in [0.15, 0.2) is 0 Å². The van der Waals surface area contributed by atoms with E-state index >= 15 is 0 Å². The van der Waals surface area contributed by atoms with Crippen LogP contribution in [0.2, 0.25) is 0 Å². The van der Waals surface area contributed by atoms with Gasteiger partial charge in [-0.2, -0.15) is 0 Å². The number of fused-ring (bicyclic) bond motifs is 1. The lowest BCUT2D eigenvalue weighted by Gasteiger charge is -1.97. The normalized spacial score (nSPS) is 12.2. The number of aldehydes is 1. The molecule has 1 aromatic carbocycles. The molecule has 1 aliphatic heterocycles. The van der Waals surface area contributed by atoms with Crippen LogP contribution in [0.1, 0.15) is 29.8 Å². The maximum atomic E-state index is 10.4. The van der Waals surface area contributed by atoms with Crippen LogP contribution in [-0.4, -0.2) is 12.9 Å². The molecule has 0 N–H and O–H groups in total. The SMILES string of the molecule is CC.O=Cc1ccc2c(c1)CCO2. The fourth-order valence-electron chi connectivity index (χ4n) is 1.28. The van der Waals surface area contributed by atoms with E-state index in [-0.39, 0.29) is 0 Å². The molecular formula is C11H14O2. The van der Waals surface area contributed by atoms with E-state index in [0.29, 0.717) is 0 Å². The van der Waals surface area contributed by atoms with Crippen molar-refractivity contribution in [1.29, 1.82) is 0 Å². The van der Waals surface area contributed by atoms with E-state index in [2.05, 4.69) is 0 Å². The summed E-state index contributed by atoms with van der Waals surface area (Å²) >= 11 is 0. The first-order chi connectivity index (χ1) is 6.40. The number of carbonyl (C=O) groups is 1. The summed E-state index contributed by atoms with van der Waals surface area (Å²) in [4.78, 5) is 10.4. The van der Waals surface area contributed by atoms with Crippen LogP contribution in [0.4, 0.5) is 0 Å². The molecule has 1 heterocycles. The molecule has 0 bridgehead atoms. The Hall–Kier alpha value is -1.31. The Labute approximate surface area is 78.5 Å². The van der Waals surface area contributed by atoms with Crippen molar-refractivity contribution in [2.75, 3.05) is 6.61 Å². The molecule has 2 heteroatoms. The van der Waals surface area contributed by atoms with Crippen molar-refractivity contribution < 1.29 is 9.53 Å². The van der Waals surface area contributed by atoms with E-state index in [1.807, 2.05) is 26.0 Å². The highest BCUT2D eigenvalue weighted by molar-refractivity contribution is 5.75. The average Bonchev–Trinajstić information content (AvgIpc) is 2.67. The highest BCUT2D eigenvalue weighted by Crippen LogP contribution is 2.24. The summed E-state index contributed by atoms with van der Waals surface area (Å²) in [5.41, 5.74) is 1.88. The van der Waals surface area contributed by atoms with Crippen molar-refractivity contribution in [1.82, 2.24) is 0 Å². The standard InChI is InChI=1S/C9H8O2.C2H6/c10-6-7-1-2-9-8(5-7)3-4-11-9;1-2/h1-2,5-6H,3-4H2;1-2H3. The van der Waals surface area contributed by atoms with E-state index in [9.17, 15) is 4.79 Å². The van der Waals surface area contributed by atoms with Crippen molar-refractivity contribution >= 4 is 6.29 Å². The molecule has 0 aliphatic carbocycles. The Morgan fingerprint density at radius 1 is 1.38 bits per heavy atom. The van der Waals surface area contributed by atoms with Crippen molar-refractivity contribution in [3.8, 4) is 5.75 Å². The highest BCUT2D eigenvalue weighted by atomic mass is 16.5. The molecule has 0 saturated carbocycles. The van der Waals surface area contributed by atoms with Crippen LogP contribution in [0.25, 0.3) is 0 Å². The van der Waals surface area contributed by atoms with Gasteiger partial charge in [0.1, 0.15) is 12.0 Å². The maximum absolute atomic E-state index is 10.4. The summed E-state index contributed by atoms with van der Waals surface area (Å²) < 4.78 is 5.28. The molecule has 1 aromatic rings. The second-order valence-electron chi connectivity index (χ2n) is 2.58. The van der Waals surface area contributed by atoms with Gasteiger partial charge in [-0.25, -0.2) is 0 Å². The van der Waals surface area contributed by atoms with Crippen molar-refractivity contribution in [3.63, 3.8) is 0 Å². The molecule has 0 spiro atoms. The zero-order chi connectivity index (χ0) is 9.68. The molecule has 0 atom stereocenters. The van der Waals surface area contributed by atoms with E-state index < -0.39 is 0 Å². The first kappa shape index (κ1) is 9.78. The minimum absolute atomic E-state index is 0.731. The van der Waals surface area contributed by atoms with Gasteiger partial charge in [-0.3, -0.25) is 4.79 Å². The van der Waals surface area contributed by atoms with Crippen LogP contribution < -0.4 is 4.74 Å². The van der Waals surface area contributed by atoms with Gasteiger partial charge in [-0.1, -0.05) is 13.8 Å². The predicted octanol–water partition coefficient (Wildman–Crippen LogP) is 2.46. The molecule has 0 unspecified atom stereocenters. The minimum Gasteiger partial charge on any atom is -0.493 e. The third-order valence-corrected chi connectivity index (χ3v) is 1.85. The smallest absolute Gasteiger partial charge is 0.150 e. The van der Waals surface area contributed by atoms with Crippen LogP contribution in [0.15, 0.2) is 18.2 Å². The van der Waals surface area contributed by atoms with Crippen LogP contribution in [0.3, 0.4) is 0 Å². The largest absolute Gasteiger partial charge is 0.493 e. The lowest BCUT2D eigenvalue weighted by atomic mass is 10.1. The van der Waals surface area contributed by atoms with Crippen LogP contribution >= 0.6 is 0 Å². The summed E-state index contributed by atoms with van der Waals surface area (Å²) in [6, 6.07) is 5.51. The molecule has 13 heavy (non-hydrogen) atoms. The van der Waals surface area contributed by atoms with Crippen LogP contribution in [0.5, 0.6) is 5.75 Å². The van der Waals surface area contributed by atoms with E-state index in [4.69, 9.17) is 4.74 Å². The van der Waals surface area contributed by atoms with Gasteiger partial charge >= 0.3 is 0 Å². The molecule has 0 fully saturated rings. The Kier molecular flexibility index (Phi) is 3.50. The van der Waals surface area contributed by atoms with Crippen LogP contribution in [-0.2, 0) is 6.42 Å². The Balaban J connectivity index is 0.000000396. The van der Waals surface area contributed by atoms with Crippen molar-refractivity contribution in [2.45, 2.75) is 20.3 Å². The number of benzene rings is 1. The third-order valence-electron chi connectivity index (χ3n) is 1.85. The minimum atomic E-state index is 0.731. The maximum Gasteiger partial charge on any atom is 0.150 e. The summed E-state index contributed by atoms with van der Waals surface area (Å²) in [5, 5.41) is 0. The van der Waals surface area contributed by atoms with Gasteiger partial charge in [0.05, 0.1) is 6.61 Å². The lowest BCUT2D eigenvalue weighted by molar-refractivity contribution is 0.112. The van der Waals surface area contributed by atoms with Gasteiger partial charge in [0.2, 0.25) is 0 Å². The molecule has 0 aromatic heterocycles. The number of hydrogen-bond acceptors (Lipinski definition) is 2. The van der Waals surface area contributed by atoms with Gasteiger partial charge in [-0.05, 0) is 23.8 Å². The first-order valence-corrected chi connectivity index (χ1v) is 4.61. The van der Waals surface area contributed by atoms with Gasteiger partial charge in [0.25, 0.3) is 0 Å². The number of hydrogen-bond donors (Lipinski definition) is 0. The summed E-state index contributed by atoms with van der Waals surface area (Å²) in [6.07, 6.45) is 1.79. The van der Waals surface area contributed by atoms with Crippen LogP contribution in [0, 0.1) is 0 Å². The highest BCUT2D eigenvalue weighted by Gasteiger charge is 2.10. The molecule has 70 valence electrons. The van der Waals surface area contributed by atoms with E-state index in [0.717, 1.165) is 36.2 Å². The summed E-state index contributed by atoms with van der Waals surface area (Å²) in [7, 11) is 0. The van der Waals surface area contributed by atoms with Gasteiger partial charge in [-0.15, -0.1) is 0 Å². The molecule has 0 saturated heterocycles. The molecular weight excluding hydrogens is 164 g/mol. The zero-order valence-corrected chi connectivity index (χ0v) is 8.04. The molecule has 0 amide bonds. The second kappa shape index (κ2) is 4.65. The lowest BCUT2D eigenvalue weighted by Crippen LogP contribution is -1.85. The Bertz CT molecular complexity index is 292. The molecule has 0 radical (unpaired) electrons. The zero-order valence-electron chi connectivity index (χ0n) is 8.04. The van der Waals surface area contributed by atoms with E-state index in [1.54, 1.807) is 6.07 Å². The Morgan fingerprint density at radius 3 is 2.85 bits per heavy atom. The Morgan fingerprint density at radius 2 is 2.15 bits per heavy atom. The quantitative estimate of drug-likeness (QED) is 0.617.